The predicted molar refractivity (Wildman–Crippen MR) is 184 cm³/mol. The van der Waals surface area contributed by atoms with Crippen molar-refractivity contribution in [1.29, 1.82) is 0 Å². The molecule has 0 spiro atoms. The third-order valence-electron chi connectivity index (χ3n) is 10.4. The van der Waals surface area contributed by atoms with E-state index in [1.165, 1.54) is 51.2 Å². The Balaban J connectivity index is 1.60. The molecule has 236 valence electrons. The summed E-state index contributed by atoms with van der Waals surface area (Å²) in [5.41, 5.74) is 12.4. The molecule has 1 aliphatic heterocycles. The summed E-state index contributed by atoms with van der Waals surface area (Å²) in [5.74, 6) is 2.12. The molecule has 3 aliphatic rings. The van der Waals surface area contributed by atoms with E-state index in [-0.39, 0.29) is 5.41 Å². The van der Waals surface area contributed by atoms with E-state index >= 15 is 0 Å². The van der Waals surface area contributed by atoms with Crippen LogP contribution in [0, 0.1) is 11.8 Å². The molecule has 2 aliphatic carbocycles. The fraction of sp³-hybridized carbons (Fsp3) is 0.575. The molecule has 0 amide bonds. The van der Waals surface area contributed by atoms with Crippen molar-refractivity contribution < 1.29 is 4.74 Å². The molecule has 3 atom stereocenters. The van der Waals surface area contributed by atoms with Gasteiger partial charge in [0.2, 0.25) is 0 Å². The van der Waals surface area contributed by atoms with Crippen LogP contribution in [-0.2, 0) is 29.4 Å². The van der Waals surface area contributed by atoms with Gasteiger partial charge < -0.3 is 4.74 Å². The van der Waals surface area contributed by atoms with Gasteiger partial charge in [-0.25, -0.2) is 9.97 Å². The zero-order chi connectivity index (χ0) is 31.1. The summed E-state index contributed by atoms with van der Waals surface area (Å²) in [7, 11) is 0. The Morgan fingerprint density at radius 1 is 1.05 bits per heavy atom. The minimum Gasteiger partial charge on any atom is -0.381 e. The highest BCUT2D eigenvalue weighted by Gasteiger charge is 2.34. The van der Waals surface area contributed by atoms with Gasteiger partial charge in [-0.1, -0.05) is 62.6 Å². The van der Waals surface area contributed by atoms with Crippen LogP contribution in [0.15, 0.2) is 65.0 Å². The lowest BCUT2D eigenvalue weighted by Crippen LogP contribution is -2.27. The van der Waals surface area contributed by atoms with Crippen molar-refractivity contribution in [2.75, 3.05) is 13.2 Å². The molecule has 44 heavy (non-hydrogen) atoms. The van der Waals surface area contributed by atoms with Crippen molar-refractivity contribution in [2.24, 2.45) is 11.8 Å². The second kappa shape index (κ2) is 15.0. The first-order valence-electron chi connectivity index (χ1n) is 17.4. The highest BCUT2D eigenvalue weighted by Crippen LogP contribution is 2.39. The maximum Gasteiger partial charge on any atom is 0.135 e. The Kier molecular flexibility index (Phi) is 11.1. The number of aryl methyl sites for hydroxylation is 1. The van der Waals surface area contributed by atoms with Crippen LogP contribution in [-0.4, -0.2) is 28.2 Å². The number of hydrogen-bond acceptors (Lipinski definition) is 4. The normalized spacial score (nSPS) is 23.8. The van der Waals surface area contributed by atoms with E-state index in [1.54, 1.807) is 5.57 Å². The number of fused-ring (bicyclic) bond motifs is 1. The number of ether oxygens (including phenoxy) is 1. The third-order valence-corrected chi connectivity index (χ3v) is 10.4. The summed E-state index contributed by atoms with van der Waals surface area (Å²) < 4.78 is 5.93. The summed E-state index contributed by atoms with van der Waals surface area (Å²) in [6, 6.07) is 4.25. The molecule has 1 fully saturated rings. The Morgan fingerprint density at radius 2 is 1.91 bits per heavy atom. The van der Waals surface area contributed by atoms with Gasteiger partial charge >= 0.3 is 0 Å². The van der Waals surface area contributed by atoms with Crippen LogP contribution in [0.3, 0.4) is 0 Å². The maximum absolute atomic E-state index is 5.93. The van der Waals surface area contributed by atoms with Crippen LogP contribution < -0.4 is 0 Å². The van der Waals surface area contributed by atoms with E-state index in [0.29, 0.717) is 11.8 Å². The Morgan fingerprint density at radius 3 is 2.68 bits per heavy atom. The lowest BCUT2D eigenvalue weighted by atomic mass is 9.81. The molecule has 0 radical (unpaired) electrons. The smallest absolute Gasteiger partial charge is 0.135 e. The predicted octanol–water partition coefficient (Wildman–Crippen LogP) is 9.89. The van der Waals surface area contributed by atoms with E-state index in [4.69, 9.17) is 14.7 Å². The summed E-state index contributed by atoms with van der Waals surface area (Å²) >= 11 is 0. The SMILES string of the molecule is CCC1=C(C(C)CC)CCC(C)=CC(c2nc(C3(C)CCCOCC3)nc3c2CC(C)=CC(CCCc2cccnc2)C3)=C1. The van der Waals surface area contributed by atoms with Crippen molar-refractivity contribution in [3.05, 3.63) is 93.4 Å². The van der Waals surface area contributed by atoms with Crippen LogP contribution in [0.5, 0.6) is 0 Å². The first-order valence-corrected chi connectivity index (χ1v) is 17.4. The summed E-state index contributed by atoms with van der Waals surface area (Å²) in [5, 5.41) is 0. The molecular formula is C40H55N3O. The van der Waals surface area contributed by atoms with Gasteiger partial charge in [0.15, 0.2) is 0 Å². The summed E-state index contributed by atoms with van der Waals surface area (Å²) in [4.78, 5) is 15.4. The molecule has 3 heterocycles. The van der Waals surface area contributed by atoms with E-state index in [2.05, 4.69) is 70.8 Å². The highest BCUT2D eigenvalue weighted by molar-refractivity contribution is 5.77. The zero-order valence-electron chi connectivity index (χ0n) is 28.3. The Labute approximate surface area is 267 Å². The van der Waals surface area contributed by atoms with Gasteiger partial charge in [0, 0.05) is 47.9 Å². The van der Waals surface area contributed by atoms with Crippen molar-refractivity contribution in [2.45, 2.75) is 124 Å². The van der Waals surface area contributed by atoms with Crippen molar-refractivity contribution in [1.82, 2.24) is 15.0 Å². The minimum absolute atomic E-state index is 0.0723. The van der Waals surface area contributed by atoms with Crippen molar-refractivity contribution >= 4 is 5.57 Å². The zero-order valence-corrected chi connectivity index (χ0v) is 28.3. The lowest BCUT2D eigenvalue weighted by molar-refractivity contribution is 0.139. The summed E-state index contributed by atoms with van der Waals surface area (Å²) in [6.07, 6.45) is 24.3. The van der Waals surface area contributed by atoms with Crippen molar-refractivity contribution in [3.8, 4) is 0 Å². The number of allylic oxidation sites excluding steroid dienone is 8. The van der Waals surface area contributed by atoms with Gasteiger partial charge in [0.1, 0.15) is 5.82 Å². The van der Waals surface area contributed by atoms with E-state index < -0.39 is 0 Å². The van der Waals surface area contributed by atoms with Crippen LogP contribution >= 0.6 is 0 Å². The third kappa shape index (κ3) is 7.86. The molecule has 2 aromatic heterocycles. The topological polar surface area (TPSA) is 47.9 Å². The molecule has 5 rings (SSSR count). The maximum atomic E-state index is 5.93. The summed E-state index contributed by atoms with van der Waals surface area (Å²) in [6.45, 7) is 15.7. The van der Waals surface area contributed by atoms with Gasteiger partial charge in [0.05, 0.1) is 5.69 Å². The first kappa shape index (κ1) is 32.5. The quantitative estimate of drug-likeness (QED) is 0.272. The number of pyridine rings is 1. The van der Waals surface area contributed by atoms with Crippen LogP contribution in [0.25, 0.3) is 5.57 Å². The lowest BCUT2D eigenvalue weighted by Gasteiger charge is -2.28. The fourth-order valence-corrected chi connectivity index (χ4v) is 7.48. The van der Waals surface area contributed by atoms with Crippen LogP contribution in [0.4, 0.5) is 0 Å². The highest BCUT2D eigenvalue weighted by atomic mass is 16.5. The van der Waals surface area contributed by atoms with Gasteiger partial charge in [-0.3, -0.25) is 4.98 Å². The Bertz CT molecular complexity index is 1410. The Hall–Kier alpha value is -2.85. The first-order chi connectivity index (χ1) is 21.3. The number of rotatable bonds is 9. The molecule has 0 N–H and O–H groups in total. The number of hydrogen-bond donors (Lipinski definition) is 0. The minimum atomic E-state index is -0.0723. The second-order valence-corrected chi connectivity index (χ2v) is 14.1. The van der Waals surface area contributed by atoms with Gasteiger partial charge in [-0.15, -0.1) is 0 Å². The second-order valence-electron chi connectivity index (χ2n) is 14.1. The van der Waals surface area contributed by atoms with E-state index in [1.807, 2.05) is 18.5 Å². The van der Waals surface area contributed by atoms with Crippen molar-refractivity contribution in [3.63, 3.8) is 0 Å². The van der Waals surface area contributed by atoms with Crippen LogP contribution in [0.2, 0.25) is 0 Å². The average molecular weight is 594 g/mol. The molecule has 3 unspecified atom stereocenters. The van der Waals surface area contributed by atoms with Gasteiger partial charge in [-0.2, -0.15) is 0 Å². The largest absolute Gasteiger partial charge is 0.381 e. The molecule has 0 aromatic carbocycles. The molecule has 1 saturated heterocycles. The molecule has 0 saturated carbocycles. The van der Waals surface area contributed by atoms with E-state index in [9.17, 15) is 0 Å². The molecule has 2 aromatic rings. The van der Waals surface area contributed by atoms with Gasteiger partial charge in [-0.05, 0) is 126 Å². The molecule has 4 nitrogen and oxygen atoms in total. The molecule has 0 bridgehead atoms. The van der Waals surface area contributed by atoms with E-state index in [0.717, 1.165) is 89.7 Å². The number of aromatic nitrogens is 3. The van der Waals surface area contributed by atoms with Crippen LogP contribution in [0.1, 0.15) is 128 Å². The molecular weight excluding hydrogens is 538 g/mol. The fourth-order valence-electron chi connectivity index (χ4n) is 7.48. The molecule has 4 heteroatoms. The van der Waals surface area contributed by atoms with Gasteiger partial charge in [0.25, 0.3) is 0 Å². The average Bonchev–Trinajstić information content (AvgIpc) is 3.34. The number of nitrogens with zero attached hydrogens (tertiary/aromatic N) is 3. The standard InChI is InChI=1S/C40H55N3O/c1-7-30(5)35-16-15-28(3)23-34(26-33(35)8-2)38-36-24-29(4)22-32(13-9-12-31-14-10-19-41-27-31)25-37(36)42-39(43-38)40(6)17-11-20-44-21-18-40/h10,14,19,22-23,26-27,30,32H,7-9,11-13,15-18,20-21,24-25H2,1-6H3. The monoisotopic (exact) mass is 593 g/mol.